The molecule has 1 heterocycles. The van der Waals surface area contributed by atoms with E-state index >= 15 is 0 Å². The monoisotopic (exact) mass is 455 g/mol. The Balaban J connectivity index is 1.62. The van der Waals surface area contributed by atoms with Gasteiger partial charge in [-0.2, -0.15) is 0 Å². The second kappa shape index (κ2) is 7.51. The van der Waals surface area contributed by atoms with Crippen molar-refractivity contribution in [2.75, 3.05) is 4.90 Å². The molecule has 166 valence electrons. The number of halogens is 2. The Morgan fingerprint density at radius 3 is 1.40 bits per heavy atom. The minimum atomic E-state index is -0.329. The van der Waals surface area contributed by atoms with Crippen molar-refractivity contribution in [3.05, 3.63) is 149 Å². The lowest BCUT2D eigenvalue weighted by atomic mass is 9.83. The van der Waals surface area contributed by atoms with Gasteiger partial charge < -0.3 is 4.90 Å². The van der Waals surface area contributed by atoms with Crippen molar-refractivity contribution in [3.8, 4) is 11.1 Å². The summed E-state index contributed by atoms with van der Waals surface area (Å²) >= 11 is 0. The summed E-state index contributed by atoms with van der Waals surface area (Å²) in [5.74, 6) is -0.658. The van der Waals surface area contributed by atoms with E-state index < -0.39 is 0 Å². The maximum Gasteiger partial charge on any atom is 0.123 e. The third-order valence-corrected chi connectivity index (χ3v) is 6.89. The first-order valence-corrected chi connectivity index (χ1v) is 11.6. The number of hydrogen-bond acceptors (Lipinski definition) is 1. The lowest BCUT2D eigenvalue weighted by Crippen LogP contribution is -2.18. The van der Waals surface area contributed by atoms with E-state index in [1.54, 1.807) is 0 Å². The summed E-state index contributed by atoms with van der Waals surface area (Å²) in [4.78, 5) is 2.28. The Bertz CT molecular complexity index is 1560. The van der Waals surface area contributed by atoms with E-state index in [9.17, 15) is 8.78 Å². The van der Waals surface area contributed by atoms with Crippen molar-refractivity contribution in [3.63, 3.8) is 0 Å². The molecule has 0 amide bonds. The maximum atomic E-state index is 14.3. The SMILES string of the molecule is Fc1ccc2c(c1)-c1cc(F)ccc1C2=C1c2ccccc2N(c2ccccc2)c2ccccc21. The number of para-hydroxylation sites is 3. The Morgan fingerprint density at radius 2 is 0.857 bits per heavy atom. The quantitative estimate of drug-likeness (QED) is 0.239. The van der Waals surface area contributed by atoms with E-state index in [4.69, 9.17) is 0 Å². The Morgan fingerprint density at radius 1 is 0.400 bits per heavy atom. The van der Waals surface area contributed by atoms with Crippen LogP contribution in [0.25, 0.3) is 22.3 Å². The molecule has 5 aromatic carbocycles. The molecular formula is C32H19F2N. The van der Waals surface area contributed by atoms with Crippen molar-refractivity contribution in [2.45, 2.75) is 0 Å². The molecule has 2 aliphatic rings. The molecule has 0 unspecified atom stereocenters. The van der Waals surface area contributed by atoms with Crippen LogP contribution < -0.4 is 4.90 Å². The minimum absolute atomic E-state index is 0.329. The van der Waals surface area contributed by atoms with Crippen molar-refractivity contribution >= 4 is 28.2 Å². The van der Waals surface area contributed by atoms with E-state index in [1.165, 1.54) is 24.3 Å². The van der Waals surface area contributed by atoms with Crippen molar-refractivity contribution in [1.82, 2.24) is 0 Å². The van der Waals surface area contributed by atoms with Crippen LogP contribution in [0, 0.1) is 11.6 Å². The van der Waals surface area contributed by atoms with Crippen LogP contribution in [-0.2, 0) is 0 Å². The molecule has 0 bridgehead atoms. The fraction of sp³-hybridized carbons (Fsp3) is 0. The Hall–Kier alpha value is -4.50. The lowest BCUT2D eigenvalue weighted by Gasteiger charge is -2.35. The van der Waals surface area contributed by atoms with Crippen LogP contribution in [0.1, 0.15) is 22.3 Å². The van der Waals surface area contributed by atoms with Gasteiger partial charge in [0.2, 0.25) is 0 Å². The Labute approximate surface area is 202 Å². The van der Waals surface area contributed by atoms with Gasteiger partial charge in [0, 0.05) is 22.4 Å². The van der Waals surface area contributed by atoms with E-state index in [0.717, 1.165) is 61.6 Å². The molecule has 7 rings (SSSR count). The van der Waals surface area contributed by atoms with Crippen LogP contribution in [-0.4, -0.2) is 0 Å². The third-order valence-electron chi connectivity index (χ3n) is 6.89. The predicted molar refractivity (Wildman–Crippen MR) is 138 cm³/mol. The summed E-state index contributed by atoms with van der Waals surface area (Å²) in [6.45, 7) is 0. The summed E-state index contributed by atoms with van der Waals surface area (Å²) in [7, 11) is 0. The number of fused-ring (bicyclic) bond motifs is 5. The molecule has 1 nitrogen and oxygen atoms in total. The van der Waals surface area contributed by atoms with Gasteiger partial charge in [-0.1, -0.05) is 66.7 Å². The van der Waals surface area contributed by atoms with E-state index in [0.29, 0.717) is 0 Å². The van der Waals surface area contributed by atoms with Gasteiger partial charge in [-0.25, -0.2) is 8.78 Å². The summed E-state index contributed by atoms with van der Waals surface area (Å²) < 4.78 is 28.7. The molecule has 0 aromatic heterocycles. The van der Waals surface area contributed by atoms with Crippen molar-refractivity contribution < 1.29 is 8.78 Å². The first kappa shape index (κ1) is 19.9. The molecular weight excluding hydrogens is 436 g/mol. The first-order valence-electron chi connectivity index (χ1n) is 11.6. The highest BCUT2D eigenvalue weighted by molar-refractivity contribution is 6.18. The zero-order chi connectivity index (χ0) is 23.5. The average molecular weight is 456 g/mol. The molecule has 1 aliphatic heterocycles. The first-order chi connectivity index (χ1) is 17.2. The van der Waals surface area contributed by atoms with Crippen LogP contribution in [0.4, 0.5) is 25.8 Å². The zero-order valence-electron chi connectivity index (χ0n) is 18.7. The molecule has 35 heavy (non-hydrogen) atoms. The Kier molecular flexibility index (Phi) is 4.27. The van der Waals surface area contributed by atoms with Crippen LogP contribution in [0.15, 0.2) is 115 Å². The van der Waals surface area contributed by atoms with Gasteiger partial charge in [0.15, 0.2) is 0 Å². The second-order valence-corrected chi connectivity index (χ2v) is 8.84. The summed E-state index contributed by atoms with van der Waals surface area (Å²) in [5, 5.41) is 0. The predicted octanol–water partition coefficient (Wildman–Crippen LogP) is 8.74. The fourth-order valence-corrected chi connectivity index (χ4v) is 5.49. The highest BCUT2D eigenvalue weighted by Gasteiger charge is 2.33. The molecule has 1 aliphatic carbocycles. The molecule has 0 radical (unpaired) electrons. The standard InChI is InChI=1S/C32H19F2N/c33-20-14-16-23-27(18-20)28-19-21(34)15-17-24(28)31(23)32-25-10-4-6-12-29(25)35(22-8-2-1-3-9-22)30-13-7-5-11-26(30)32/h1-19H. The number of nitrogens with zero attached hydrogens (tertiary/aromatic N) is 1. The van der Waals surface area contributed by atoms with Gasteiger partial charge >= 0.3 is 0 Å². The van der Waals surface area contributed by atoms with Gasteiger partial charge in [-0.15, -0.1) is 0 Å². The molecule has 0 fully saturated rings. The van der Waals surface area contributed by atoms with Crippen molar-refractivity contribution in [1.29, 1.82) is 0 Å². The second-order valence-electron chi connectivity index (χ2n) is 8.84. The zero-order valence-corrected chi connectivity index (χ0v) is 18.7. The number of hydrogen-bond donors (Lipinski definition) is 0. The number of anilines is 3. The number of rotatable bonds is 1. The summed E-state index contributed by atoms with van der Waals surface area (Å²) in [5.41, 5.74) is 10.7. The van der Waals surface area contributed by atoms with Crippen molar-refractivity contribution in [2.24, 2.45) is 0 Å². The highest BCUT2D eigenvalue weighted by Crippen LogP contribution is 2.55. The molecule has 0 N–H and O–H groups in total. The third kappa shape index (κ3) is 2.91. The van der Waals surface area contributed by atoms with Gasteiger partial charge in [0.25, 0.3) is 0 Å². The normalized spacial score (nSPS) is 13.3. The lowest BCUT2D eigenvalue weighted by molar-refractivity contribution is 0.626. The molecule has 0 saturated carbocycles. The van der Waals surface area contributed by atoms with Gasteiger partial charge in [0.05, 0.1) is 11.4 Å². The molecule has 0 atom stereocenters. The largest absolute Gasteiger partial charge is 0.309 e. The minimum Gasteiger partial charge on any atom is -0.309 e. The molecule has 5 aromatic rings. The fourth-order valence-electron chi connectivity index (χ4n) is 5.49. The topological polar surface area (TPSA) is 3.24 Å². The van der Waals surface area contributed by atoms with Gasteiger partial charge in [-0.05, 0) is 76.4 Å². The van der Waals surface area contributed by atoms with E-state index in [-0.39, 0.29) is 11.6 Å². The van der Waals surface area contributed by atoms with Gasteiger partial charge in [0.1, 0.15) is 11.6 Å². The van der Waals surface area contributed by atoms with Crippen LogP contribution in [0.3, 0.4) is 0 Å². The van der Waals surface area contributed by atoms with Crippen LogP contribution in [0.5, 0.6) is 0 Å². The van der Waals surface area contributed by atoms with Gasteiger partial charge in [-0.3, -0.25) is 0 Å². The molecule has 0 spiro atoms. The smallest absolute Gasteiger partial charge is 0.123 e. The maximum absolute atomic E-state index is 14.3. The molecule has 0 saturated heterocycles. The summed E-state index contributed by atoms with van der Waals surface area (Å²) in [6.07, 6.45) is 0. The summed E-state index contributed by atoms with van der Waals surface area (Å²) in [6, 6.07) is 36.7. The number of benzene rings is 5. The van der Waals surface area contributed by atoms with E-state index in [2.05, 4.69) is 41.3 Å². The molecule has 3 heteroatoms. The van der Waals surface area contributed by atoms with Crippen LogP contribution >= 0.6 is 0 Å². The average Bonchev–Trinajstić information content (AvgIpc) is 3.20. The highest BCUT2D eigenvalue weighted by atomic mass is 19.1. The van der Waals surface area contributed by atoms with E-state index in [1.807, 2.05) is 54.6 Å². The van der Waals surface area contributed by atoms with Crippen LogP contribution in [0.2, 0.25) is 0 Å².